The first-order valence-corrected chi connectivity index (χ1v) is 14.4. The van der Waals surface area contributed by atoms with Crippen LogP contribution in [0.2, 0.25) is 0 Å². The van der Waals surface area contributed by atoms with Crippen molar-refractivity contribution < 1.29 is 18.8 Å². The number of carbonyl (C=O) groups excluding carboxylic acids is 1. The third-order valence-corrected chi connectivity index (χ3v) is 7.04. The zero-order chi connectivity index (χ0) is 26.1. The monoisotopic (exact) mass is 504 g/mol. The van der Waals surface area contributed by atoms with Crippen LogP contribution in [0, 0.1) is 0 Å². The number of hydrogen-bond donors (Lipinski definition) is 0. The second kappa shape index (κ2) is 16.8. The number of rotatable bonds is 18. The van der Waals surface area contributed by atoms with Crippen molar-refractivity contribution in [1.29, 1.82) is 0 Å². The highest BCUT2D eigenvalue weighted by Gasteiger charge is 2.17. The molecule has 0 fully saturated rings. The van der Waals surface area contributed by atoms with Crippen LogP contribution < -0.4 is 9.30 Å². The first-order chi connectivity index (χ1) is 18.2. The van der Waals surface area contributed by atoms with E-state index in [2.05, 4.69) is 66.3 Å². The third kappa shape index (κ3) is 10.6. The zero-order valence-corrected chi connectivity index (χ0v) is 23.0. The number of pyridine rings is 1. The molecule has 4 nitrogen and oxygen atoms in total. The van der Waals surface area contributed by atoms with Crippen molar-refractivity contribution >= 4 is 16.7 Å². The van der Waals surface area contributed by atoms with Crippen LogP contribution in [0.25, 0.3) is 10.8 Å². The molecule has 0 amide bonds. The van der Waals surface area contributed by atoms with E-state index in [4.69, 9.17) is 9.47 Å². The first-order valence-electron chi connectivity index (χ1n) is 14.4. The van der Waals surface area contributed by atoms with E-state index in [9.17, 15) is 4.79 Å². The summed E-state index contributed by atoms with van der Waals surface area (Å²) in [6.07, 6.45) is 17.6. The fraction of sp³-hybridized carbons (Fsp3) is 0.515. The van der Waals surface area contributed by atoms with Gasteiger partial charge in [-0.25, -0.2) is 4.57 Å². The molecule has 0 bridgehead atoms. The second-order valence-corrected chi connectivity index (χ2v) is 10.2. The molecule has 1 atom stereocenters. The van der Waals surface area contributed by atoms with Gasteiger partial charge in [-0.2, -0.15) is 0 Å². The highest BCUT2D eigenvalue weighted by atomic mass is 16.5. The third-order valence-electron chi connectivity index (χ3n) is 7.04. The van der Waals surface area contributed by atoms with Gasteiger partial charge < -0.3 is 9.47 Å². The van der Waals surface area contributed by atoms with Crippen molar-refractivity contribution in [3.63, 3.8) is 0 Å². The van der Waals surface area contributed by atoms with Crippen molar-refractivity contribution in [2.75, 3.05) is 13.2 Å². The van der Waals surface area contributed by atoms with E-state index in [1.807, 2.05) is 19.1 Å². The van der Waals surface area contributed by atoms with Crippen LogP contribution in [0.15, 0.2) is 67.0 Å². The number of hydrogen-bond acceptors (Lipinski definition) is 3. The van der Waals surface area contributed by atoms with E-state index in [-0.39, 0.29) is 11.9 Å². The standard InChI is InChI=1S/C33H46NO3/c1-3-4-24-36-32-20-19-30-26-29(17-18-31(30)27-32)28(2)33(35)37-25-16-11-9-7-5-6-8-10-13-21-34-22-14-12-15-23-34/h12,14-15,17-20,22-23,26-28H,3-11,13,16,21,24-25H2,1-2H3/q+1/t28-/m0/s1. The normalized spacial score (nSPS) is 11.9. The molecule has 0 unspecified atom stereocenters. The van der Waals surface area contributed by atoms with Crippen molar-refractivity contribution in [2.45, 2.75) is 96.9 Å². The predicted octanol–water partition coefficient (Wildman–Crippen LogP) is 8.16. The smallest absolute Gasteiger partial charge is 0.313 e. The van der Waals surface area contributed by atoms with Crippen LogP contribution in [0.5, 0.6) is 5.75 Å². The molecule has 0 saturated carbocycles. The fourth-order valence-corrected chi connectivity index (χ4v) is 4.59. The Morgan fingerprint density at radius 2 is 1.41 bits per heavy atom. The lowest BCUT2D eigenvalue weighted by Gasteiger charge is -2.13. The number of aromatic nitrogens is 1. The molecule has 0 radical (unpaired) electrons. The van der Waals surface area contributed by atoms with E-state index < -0.39 is 0 Å². The minimum atomic E-state index is -0.259. The van der Waals surface area contributed by atoms with Gasteiger partial charge in [0.25, 0.3) is 0 Å². The average molecular weight is 505 g/mol. The van der Waals surface area contributed by atoms with E-state index in [1.165, 1.54) is 44.9 Å². The number of benzene rings is 2. The van der Waals surface area contributed by atoms with Crippen LogP contribution in [0.1, 0.15) is 96.0 Å². The number of ether oxygens (including phenoxy) is 2. The van der Waals surface area contributed by atoms with Crippen LogP contribution in [0.3, 0.4) is 0 Å². The van der Waals surface area contributed by atoms with Gasteiger partial charge in [-0.05, 0) is 54.7 Å². The van der Waals surface area contributed by atoms with Gasteiger partial charge in [-0.15, -0.1) is 0 Å². The van der Waals surface area contributed by atoms with Gasteiger partial charge in [0.2, 0.25) is 0 Å². The van der Waals surface area contributed by atoms with Crippen molar-refractivity contribution in [1.82, 2.24) is 0 Å². The molecule has 200 valence electrons. The van der Waals surface area contributed by atoms with Gasteiger partial charge in [0.05, 0.1) is 19.1 Å². The molecule has 2 aromatic carbocycles. The summed E-state index contributed by atoms with van der Waals surface area (Å²) in [5, 5.41) is 2.25. The summed E-state index contributed by atoms with van der Waals surface area (Å²) >= 11 is 0. The SMILES string of the molecule is CCCCOc1ccc2cc([C@H](C)C(=O)OCCCCCCCCCCC[n+]3ccccc3)ccc2c1. The Bertz CT molecular complexity index is 1050. The maximum atomic E-state index is 12.6. The zero-order valence-electron chi connectivity index (χ0n) is 23.0. The quantitative estimate of drug-likeness (QED) is 0.0996. The van der Waals surface area contributed by atoms with Crippen LogP contribution in [-0.4, -0.2) is 19.2 Å². The second-order valence-electron chi connectivity index (χ2n) is 10.2. The molecule has 0 aliphatic rings. The van der Waals surface area contributed by atoms with Gasteiger partial charge >= 0.3 is 5.97 Å². The van der Waals surface area contributed by atoms with Crippen LogP contribution >= 0.6 is 0 Å². The number of aryl methyl sites for hydroxylation is 1. The number of nitrogens with zero attached hydrogens (tertiary/aromatic N) is 1. The maximum Gasteiger partial charge on any atom is 0.313 e. The largest absolute Gasteiger partial charge is 0.494 e. The summed E-state index contributed by atoms with van der Waals surface area (Å²) in [5.41, 5.74) is 1.000. The molecule has 3 rings (SSSR count). The number of unbranched alkanes of at least 4 members (excludes halogenated alkanes) is 9. The fourth-order valence-electron chi connectivity index (χ4n) is 4.59. The summed E-state index contributed by atoms with van der Waals surface area (Å²) in [6.45, 7) is 6.48. The molecule has 1 heterocycles. The topological polar surface area (TPSA) is 39.4 Å². The first kappa shape index (κ1) is 28.7. The molecule has 37 heavy (non-hydrogen) atoms. The molecule has 3 aromatic rings. The van der Waals surface area contributed by atoms with E-state index in [0.29, 0.717) is 6.61 Å². The molecule has 4 heteroatoms. The average Bonchev–Trinajstić information content (AvgIpc) is 2.93. The molecule has 1 aromatic heterocycles. The lowest BCUT2D eigenvalue weighted by molar-refractivity contribution is -0.697. The number of carbonyl (C=O) groups is 1. The van der Waals surface area contributed by atoms with E-state index >= 15 is 0 Å². The van der Waals surface area contributed by atoms with Crippen molar-refractivity contribution in [3.8, 4) is 5.75 Å². The van der Waals surface area contributed by atoms with Crippen molar-refractivity contribution in [3.05, 3.63) is 72.6 Å². The minimum Gasteiger partial charge on any atom is -0.494 e. The van der Waals surface area contributed by atoms with Gasteiger partial charge in [-0.3, -0.25) is 4.79 Å². The van der Waals surface area contributed by atoms with Crippen LogP contribution in [0.4, 0.5) is 0 Å². The Hall–Kier alpha value is -2.88. The molecular weight excluding hydrogens is 458 g/mol. The molecular formula is C33H46NO3+. The summed E-state index contributed by atoms with van der Waals surface area (Å²) in [7, 11) is 0. The highest BCUT2D eigenvalue weighted by molar-refractivity contribution is 5.86. The Morgan fingerprint density at radius 1 is 0.757 bits per heavy atom. The summed E-state index contributed by atoms with van der Waals surface area (Å²) < 4.78 is 13.7. The molecule has 0 saturated heterocycles. The van der Waals surface area contributed by atoms with Gasteiger partial charge in [0.15, 0.2) is 12.4 Å². The molecule has 0 N–H and O–H groups in total. The number of esters is 1. The Morgan fingerprint density at radius 3 is 2.14 bits per heavy atom. The highest BCUT2D eigenvalue weighted by Crippen LogP contribution is 2.26. The van der Waals surface area contributed by atoms with Crippen molar-refractivity contribution in [2.24, 2.45) is 0 Å². The van der Waals surface area contributed by atoms with Gasteiger partial charge in [0, 0.05) is 18.6 Å². The molecule has 0 spiro atoms. The molecule has 0 aliphatic carbocycles. The Labute approximate surface area is 224 Å². The Kier molecular flexibility index (Phi) is 13.0. The van der Waals surface area contributed by atoms with Gasteiger partial charge in [-0.1, -0.05) is 82.2 Å². The summed E-state index contributed by atoms with van der Waals surface area (Å²) in [5.74, 6) is 0.511. The molecule has 0 aliphatic heterocycles. The minimum absolute atomic E-state index is 0.132. The Balaban J connectivity index is 1.23. The summed E-state index contributed by atoms with van der Waals surface area (Å²) in [6, 6.07) is 18.6. The van der Waals surface area contributed by atoms with E-state index in [1.54, 1.807) is 0 Å². The van der Waals surface area contributed by atoms with Crippen LogP contribution in [-0.2, 0) is 16.1 Å². The number of fused-ring (bicyclic) bond motifs is 1. The predicted molar refractivity (Wildman–Crippen MR) is 152 cm³/mol. The van der Waals surface area contributed by atoms with Gasteiger partial charge in [0.1, 0.15) is 12.3 Å². The maximum absolute atomic E-state index is 12.6. The lowest BCUT2D eigenvalue weighted by atomic mass is 9.98. The lowest BCUT2D eigenvalue weighted by Crippen LogP contribution is -2.32. The van der Waals surface area contributed by atoms with E-state index in [0.717, 1.165) is 60.9 Å². The summed E-state index contributed by atoms with van der Waals surface area (Å²) in [4.78, 5) is 12.6.